The second-order valence-corrected chi connectivity index (χ2v) is 10.2. The molecule has 186 valence electrons. The molecule has 0 atom stereocenters. The van der Waals surface area contributed by atoms with Gasteiger partial charge in [-0.3, -0.25) is 14.2 Å². The highest BCUT2D eigenvalue weighted by atomic mass is 32.1. The van der Waals surface area contributed by atoms with E-state index in [1.807, 2.05) is 73.8 Å². The summed E-state index contributed by atoms with van der Waals surface area (Å²) in [4.78, 5) is 39.3. The molecule has 37 heavy (non-hydrogen) atoms. The number of thiophene rings is 1. The first kappa shape index (κ1) is 24.5. The molecular formula is C30H27N3O3S. The number of aromatic nitrogens is 2. The van der Waals surface area contributed by atoms with Crippen LogP contribution in [-0.4, -0.2) is 15.0 Å². The summed E-state index contributed by atoms with van der Waals surface area (Å²) in [6.45, 7) is 4.88. The zero-order chi connectivity index (χ0) is 25.9. The Balaban J connectivity index is 1.38. The van der Waals surface area contributed by atoms with E-state index in [1.165, 1.54) is 21.5 Å². The largest absolute Gasteiger partial charge is 0.352 e. The lowest BCUT2D eigenvalue weighted by Crippen LogP contribution is -2.38. The molecule has 0 aliphatic rings. The summed E-state index contributed by atoms with van der Waals surface area (Å²) >= 11 is 1.33. The minimum absolute atomic E-state index is 0.0917. The quantitative estimate of drug-likeness (QED) is 0.345. The molecule has 0 saturated carbocycles. The molecule has 0 aliphatic carbocycles. The Bertz CT molecular complexity index is 1680. The molecule has 0 fully saturated rings. The number of carbonyl (C=O) groups excluding carboxylic acids is 1. The Morgan fingerprint density at radius 2 is 1.38 bits per heavy atom. The van der Waals surface area contributed by atoms with Crippen LogP contribution in [0.2, 0.25) is 0 Å². The predicted octanol–water partition coefficient (Wildman–Crippen LogP) is 4.74. The van der Waals surface area contributed by atoms with Crippen LogP contribution < -0.4 is 16.6 Å². The zero-order valence-corrected chi connectivity index (χ0v) is 21.5. The van der Waals surface area contributed by atoms with Crippen LogP contribution in [0.1, 0.15) is 27.8 Å². The van der Waals surface area contributed by atoms with Gasteiger partial charge < -0.3 is 5.32 Å². The van der Waals surface area contributed by atoms with Crippen molar-refractivity contribution < 1.29 is 4.79 Å². The summed E-state index contributed by atoms with van der Waals surface area (Å²) in [6, 6.07) is 24.9. The molecule has 5 aromatic rings. The van der Waals surface area contributed by atoms with Gasteiger partial charge in [-0.25, -0.2) is 9.36 Å². The van der Waals surface area contributed by atoms with E-state index in [0.717, 1.165) is 22.3 Å². The van der Waals surface area contributed by atoms with Crippen molar-refractivity contribution in [1.29, 1.82) is 0 Å². The van der Waals surface area contributed by atoms with Crippen LogP contribution in [0.3, 0.4) is 0 Å². The summed E-state index contributed by atoms with van der Waals surface area (Å²) in [6.07, 6.45) is 0.211. The van der Waals surface area contributed by atoms with Gasteiger partial charge in [0.2, 0.25) is 5.91 Å². The van der Waals surface area contributed by atoms with E-state index in [-0.39, 0.29) is 23.6 Å². The van der Waals surface area contributed by atoms with E-state index >= 15 is 0 Å². The molecule has 7 heteroatoms. The lowest BCUT2D eigenvalue weighted by atomic mass is 10.1. The first-order chi connectivity index (χ1) is 17.9. The third kappa shape index (κ3) is 5.32. The third-order valence-electron chi connectivity index (χ3n) is 6.39. The fourth-order valence-electron chi connectivity index (χ4n) is 4.26. The van der Waals surface area contributed by atoms with Gasteiger partial charge >= 0.3 is 5.69 Å². The molecule has 3 aromatic carbocycles. The monoisotopic (exact) mass is 509 g/mol. The fraction of sp³-hybridized carbons (Fsp3) is 0.167. The highest BCUT2D eigenvalue weighted by Crippen LogP contribution is 2.18. The fourth-order valence-corrected chi connectivity index (χ4v) is 5.09. The summed E-state index contributed by atoms with van der Waals surface area (Å²) < 4.78 is 3.39. The van der Waals surface area contributed by atoms with Crippen molar-refractivity contribution in [2.45, 2.75) is 33.4 Å². The molecule has 0 saturated heterocycles. The number of rotatable bonds is 7. The number of hydrogen-bond donors (Lipinski definition) is 1. The van der Waals surface area contributed by atoms with E-state index in [2.05, 4.69) is 5.32 Å². The summed E-state index contributed by atoms with van der Waals surface area (Å²) in [5.74, 6) is -0.0917. The Hall–Kier alpha value is -4.23. The molecule has 5 rings (SSSR count). The number of nitrogens with one attached hydrogen (secondary N) is 1. The van der Waals surface area contributed by atoms with Crippen molar-refractivity contribution in [2.75, 3.05) is 0 Å². The average Bonchev–Trinajstić information content (AvgIpc) is 3.39. The molecule has 0 unspecified atom stereocenters. The smallest absolute Gasteiger partial charge is 0.336 e. The van der Waals surface area contributed by atoms with Gasteiger partial charge in [0, 0.05) is 6.54 Å². The van der Waals surface area contributed by atoms with E-state index in [0.29, 0.717) is 29.0 Å². The van der Waals surface area contributed by atoms with Gasteiger partial charge in [-0.1, -0.05) is 71.8 Å². The Morgan fingerprint density at radius 3 is 2.03 bits per heavy atom. The van der Waals surface area contributed by atoms with E-state index in [4.69, 9.17) is 0 Å². The maximum absolute atomic E-state index is 13.5. The number of amides is 1. The molecule has 2 heterocycles. The standard InChI is InChI=1S/C30H27N3O3S/c1-20-3-7-23(8-4-20)18-31-27(34)17-22-11-13-25(14-12-22)33-29(35)28-26(15-16-37-28)32(30(33)36)19-24-9-5-21(2)6-10-24/h3-16H,17-19H2,1-2H3,(H,31,34). The van der Waals surface area contributed by atoms with Crippen LogP contribution >= 0.6 is 11.3 Å². The number of nitrogens with zero attached hydrogens (tertiary/aromatic N) is 2. The second kappa shape index (κ2) is 10.4. The van der Waals surface area contributed by atoms with Gasteiger partial charge in [0.05, 0.1) is 24.2 Å². The van der Waals surface area contributed by atoms with Gasteiger partial charge in [0.1, 0.15) is 4.70 Å². The molecule has 0 radical (unpaired) electrons. The van der Waals surface area contributed by atoms with Gasteiger partial charge in [0.15, 0.2) is 0 Å². The zero-order valence-electron chi connectivity index (χ0n) is 20.7. The Kier molecular flexibility index (Phi) is 6.88. The van der Waals surface area contributed by atoms with Crippen LogP contribution in [0.4, 0.5) is 0 Å². The summed E-state index contributed by atoms with van der Waals surface area (Å²) in [5.41, 5.74) is 5.54. The summed E-state index contributed by atoms with van der Waals surface area (Å²) in [5, 5.41) is 4.77. The second-order valence-electron chi connectivity index (χ2n) is 9.24. The van der Waals surface area contributed by atoms with Gasteiger partial charge in [0.25, 0.3) is 5.56 Å². The predicted molar refractivity (Wildman–Crippen MR) is 149 cm³/mol. The van der Waals surface area contributed by atoms with Crippen molar-refractivity contribution in [2.24, 2.45) is 0 Å². The molecular weight excluding hydrogens is 482 g/mol. The van der Waals surface area contributed by atoms with Gasteiger partial charge in [-0.2, -0.15) is 0 Å². The highest BCUT2D eigenvalue weighted by Gasteiger charge is 2.16. The lowest BCUT2D eigenvalue weighted by molar-refractivity contribution is -0.120. The summed E-state index contributed by atoms with van der Waals surface area (Å²) in [7, 11) is 0. The van der Waals surface area contributed by atoms with E-state index in [1.54, 1.807) is 28.8 Å². The normalized spacial score (nSPS) is 11.1. The minimum Gasteiger partial charge on any atom is -0.352 e. The van der Waals surface area contributed by atoms with Crippen molar-refractivity contribution in [3.63, 3.8) is 0 Å². The van der Waals surface area contributed by atoms with E-state index < -0.39 is 0 Å². The van der Waals surface area contributed by atoms with Crippen molar-refractivity contribution >= 4 is 27.5 Å². The molecule has 0 bridgehead atoms. The van der Waals surface area contributed by atoms with Crippen LogP contribution in [0.5, 0.6) is 0 Å². The van der Waals surface area contributed by atoms with E-state index in [9.17, 15) is 14.4 Å². The highest BCUT2D eigenvalue weighted by molar-refractivity contribution is 7.17. The number of carbonyl (C=O) groups is 1. The number of benzene rings is 3. The van der Waals surface area contributed by atoms with Crippen LogP contribution in [-0.2, 0) is 24.3 Å². The average molecular weight is 510 g/mol. The van der Waals surface area contributed by atoms with Crippen molar-refractivity contribution in [3.8, 4) is 5.69 Å². The minimum atomic E-state index is -0.389. The van der Waals surface area contributed by atoms with Crippen LogP contribution in [0.25, 0.3) is 15.9 Å². The SMILES string of the molecule is Cc1ccc(CNC(=O)Cc2ccc(-n3c(=O)c4sccc4n(Cc4ccc(C)cc4)c3=O)cc2)cc1. The first-order valence-corrected chi connectivity index (χ1v) is 13.0. The van der Waals surface area contributed by atoms with Gasteiger partial charge in [-0.05, 0) is 54.1 Å². The third-order valence-corrected chi connectivity index (χ3v) is 7.28. The molecule has 1 N–H and O–H groups in total. The molecule has 1 amide bonds. The molecule has 2 aromatic heterocycles. The number of aryl methyl sites for hydroxylation is 2. The van der Waals surface area contributed by atoms with Crippen LogP contribution in [0, 0.1) is 13.8 Å². The van der Waals surface area contributed by atoms with Crippen molar-refractivity contribution in [3.05, 3.63) is 133 Å². The van der Waals surface area contributed by atoms with Crippen LogP contribution in [0.15, 0.2) is 93.8 Å². The Morgan fingerprint density at radius 1 is 0.784 bits per heavy atom. The number of fused-ring (bicyclic) bond motifs is 1. The van der Waals surface area contributed by atoms with Gasteiger partial charge in [-0.15, -0.1) is 11.3 Å². The molecule has 0 spiro atoms. The molecule has 6 nitrogen and oxygen atoms in total. The molecule has 0 aliphatic heterocycles. The topological polar surface area (TPSA) is 73.1 Å². The van der Waals surface area contributed by atoms with Crippen molar-refractivity contribution in [1.82, 2.24) is 14.5 Å². The Labute approximate surface area is 218 Å². The first-order valence-electron chi connectivity index (χ1n) is 12.1. The maximum atomic E-state index is 13.5. The lowest BCUT2D eigenvalue weighted by Gasteiger charge is -2.13. The number of hydrogen-bond acceptors (Lipinski definition) is 4. The maximum Gasteiger partial charge on any atom is 0.336 e.